The average Bonchev–Trinajstić information content (AvgIpc) is 2.89. The normalized spacial score (nSPS) is 10.2. The van der Waals surface area contributed by atoms with Gasteiger partial charge in [-0.2, -0.15) is 5.10 Å². The average molecular weight is 261 g/mol. The molecule has 0 amide bonds. The van der Waals surface area contributed by atoms with Gasteiger partial charge in [0.2, 0.25) is 0 Å². The first kappa shape index (κ1) is 12.9. The molecule has 1 heterocycles. The van der Waals surface area contributed by atoms with Crippen LogP contribution in [0, 0.1) is 0 Å². The van der Waals surface area contributed by atoms with Gasteiger partial charge in [-0.25, -0.2) is 9.48 Å². The summed E-state index contributed by atoms with van der Waals surface area (Å²) in [6.45, 7) is 2.08. The molecule has 1 aromatic carbocycles. The van der Waals surface area contributed by atoms with Crippen molar-refractivity contribution in [2.75, 3.05) is 19.5 Å². The fourth-order valence-corrected chi connectivity index (χ4v) is 1.68. The van der Waals surface area contributed by atoms with E-state index in [0.717, 1.165) is 0 Å². The summed E-state index contributed by atoms with van der Waals surface area (Å²) in [5, 5.41) is 4.11. The molecule has 0 fully saturated rings. The molecule has 0 spiro atoms. The van der Waals surface area contributed by atoms with Gasteiger partial charge in [0.25, 0.3) is 0 Å². The summed E-state index contributed by atoms with van der Waals surface area (Å²) in [7, 11) is 1.54. The van der Waals surface area contributed by atoms with Gasteiger partial charge >= 0.3 is 5.97 Å². The molecule has 0 saturated carbocycles. The molecule has 0 unspecified atom stereocenters. The van der Waals surface area contributed by atoms with E-state index in [2.05, 4.69) is 5.10 Å². The van der Waals surface area contributed by atoms with Crippen LogP contribution in [0.25, 0.3) is 5.69 Å². The zero-order valence-electron chi connectivity index (χ0n) is 10.8. The number of rotatable bonds is 4. The maximum atomic E-state index is 11.6. The number of nitrogens with zero attached hydrogens (tertiary/aromatic N) is 2. The van der Waals surface area contributed by atoms with Gasteiger partial charge < -0.3 is 15.2 Å². The third-order valence-corrected chi connectivity index (χ3v) is 2.60. The van der Waals surface area contributed by atoms with E-state index in [0.29, 0.717) is 29.3 Å². The van der Waals surface area contributed by atoms with Crippen molar-refractivity contribution in [3.8, 4) is 11.4 Å². The highest BCUT2D eigenvalue weighted by Crippen LogP contribution is 2.27. The van der Waals surface area contributed by atoms with Crippen LogP contribution < -0.4 is 10.5 Å². The van der Waals surface area contributed by atoms with Crippen molar-refractivity contribution in [3.63, 3.8) is 0 Å². The highest BCUT2D eigenvalue weighted by molar-refractivity contribution is 5.89. The van der Waals surface area contributed by atoms with Gasteiger partial charge in [-0.15, -0.1) is 0 Å². The largest absolute Gasteiger partial charge is 0.495 e. The highest BCUT2D eigenvalue weighted by atomic mass is 16.5. The Bertz CT molecular complexity index is 593. The van der Waals surface area contributed by atoms with Crippen molar-refractivity contribution in [1.82, 2.24) is 9.78 Å². The minimum Gasteiger partial charge on any atom is -0.495 e. The third kappa shape index (κ3) is 2.52. The number of benzene rings is 1. The number of carbonyl (C=O) groups excluding carboxylic acids is 1. The zero-order valence-corrected chi connectivity index (χ0v) is 10.8. The lowest BCUT2D eigenvalue weighted by molar-refractivity contribution is 0.0526. The molecule has 2 aromatic rings. The minimum atomic E-state index is -0.407. The molecule has 0 aliphatic rings. The number of anilines is 1. The number of hydrogen-bond acceptors (Lipinski definition) is 5. The molecule has 0 saturated heterocycles. The summed E-state index contributed by atoms with van der Waals surface area (Å²) in [6, 6.07) is 5.35. The van der Waals surface area contributed by atoms with Crippen molar-refractivity contribution in [3.05, 3.63) is 36.2 Å². The molecule has 100 valence electrons. The summed E-state index contributed by atoms with van der Waals surface area (Å²) in [5.74, 6) is 0.154. The van der Waals surface area contributed by atoms with Crippen LogP contribution in [0.2, 0.25) is 0 Å². The summed E-state index contributed by atoms with van der Waals surface area (Å²) < 4.78 is 11.6. The number of carbonyl (C=O) groups is 1. The Morgan fingerprint density at radius 3 is 2.95 bits per heavy atom. The summed E-state index contributed by atoms with van der Waals surface area (Å²) >= 11 is 0. The number of para-hydroxylation sites is 1. The fraction of sp³-hybridized carbons (Fsp3) is 0.231. The van der Waals surface area contributed by atoms with Crippen molar-refractivity contribution in [1.29, 1.82) is 0 Å². The second kappa shape index (κ2) is 5.43. The lowest BCUT2D eigenvalue weighted by Crippen LogP contribution is -2.04. The summed E-state index contributed by atoms with van der Waals surface area (Å²) in [5.41, 5.74) is 7.46. The van der Waals surface area contributed by atoms with Crippen molar-refractivity contribution in [2.45, 2.75) is 6.92 Å². The molecule has 1 aromatic heterocycles. The van der Waals surface area contributed by atoms with Crippen LogP contribution in [0.15, 0.2) is 30.6 Å². The number of nitrogens with two attached hydrogens (primary N) is 1. The molecule has 2 rings (SSSR count). The van der Waals surface area contributed by atoms with E-state index < -0.39 is 5.97 Å². The van der Waals surface area contributed by atoms with Gasteiger partial charge in [-0.05, 0) is 19.1 Å². The first-order chi connectivity index (χ1) is 9.17. The van der Waals surface area contributed by atoms with E-state index in [-0.39, 0.29) is 0 Å². The van der Waals surface area contributed by atoms with E-state index >= 15 is 0 Å². The summed E-state index contributed by atoms with van der Waals surface area (Å²) in [6.07, 6.45) is 3.01. The van der Waals surface area contributed by atoms with Crippen LogP contribution in [0.5, 0.6) is 5.75 Å². The topological polar surface area (TPSA) is 79.4 Å². The van der Waals surface area contributed by atoms with Crippen LogP contribution in [0.1, 0.15) is 17.3 Å². The number of aromatic nitrogens is 2. The Kier molecular flexibility index (Phi) is 3.70. The molecule has 0 atom stereocenters. The standard InChI is InChI=1S/C13H15N3O3/c1-3-19-13(17)9-7-15-16(8-9)10-5-4-6-11(18-2)12(10)14/h4-8H,3,14H2,1-2H3. The molecule has 0 aliphatic carbocycles. The lowest BCUT2D eigenvalue weighted by Gasteiger charge is -2.09. The van der Waals surface area contributed by atoms with Crippen LogP contribution in [-0.2, 0) is 4.74 Å². The molecule has 0 bridgehead atoms. The molecule has 6 heteroatoms. The smallest absolute Gasteiger partial charge is 0.341 e. The van der Waals surface area contributed by atoms with Crippen LogP contribution in [0.4, 0.5) is 5.69 Å². The quantitative estimate of drug-likeness (QED) is 0.668. The van der Waals surface area contributed by atoms with Crippen molar-refractivity contribution >= 4 is 11.7 Å². The van der Waals surface area contributed by atoms with Gasteiger partial charge in [0.05, 0.1) is 31.2 Å². The van der Waals surface area contributed by atoms with Crippen LogP contribution >= 0.6 is 0 Å². The maximum absolute atomic E-state index is 11.6. The third-order valence-electron chi connectivity index (χ3n) is 2.60. The molecule has 2 N–H and O–H groups in total. The predicted molar refractivity (Wildman–Crippen MR) is 70.5 cm³/mol. The highest BCUT2D eigenvalue weighted by Gasteiger charge is 2.12. The van der Waals surface area contributed by atoms with Crippen molar-refractivity contribution in [2.24, 2.45) is 0 Å². The molecular weight excluding hydrogens is 246 g/mol. The van der Waals surface area contributed by atoms with E-state index in [1.807, 2.05) is 0 Å². The van der Waals surface area contributed by atoms with Gasteiger partial charge in [0.1, 0.15) is 11.4 Å². The Balaban J connectivity index is 2.35. The first-order valence-electron chi connectivity index (χ1n) is 5.82. The van der Waals surface area contributed by atoms with Gasteiger partial charge in [0, 0.05) is 6.20 Å². The lowest BCUT2D eigenvalue weighted by atomic mass is 10.2. The first-order valence-corrected chi connectivity index (χ1v) is 5.82. The Morgan fingerprint density at radius 1 is 1.47 bits per heavy atom. The molecule has 19 heavy (non-hydrogen) atoms. The van der Waals surface area contributed by atoms with Crippen molar-refractivity contribution < 1.29 is 14.3 Å². The van der Waals surface area contributed by atoms with E-state index in [1.165, 1.54) is 10.9 Å². The number of methoxy groups -OCH3 is 1. The SMILES string of the molecule is CCOC(=O)c1cnn(-c2cccc(OC)c2N)c1. The van der Waals surface area contributed by atoms with Gasteiger partial charge in [-0.1, -0.05) is 6.07 Å². The molecule has 6 nitrogen and oxygen atoms in total. The van der Waals surface area contributed by atoms with Gasteiger partial charge in [0.15, 0.2) is 0 Å². The minimum absolute atomic E-state index is 0.325. The summed E-state index contributed by atoms with van der Waals surface area (Å²) in [4.78, 5) is 11.6. The monoisotopic (exact) mass is 261 g/mol. The fourth-order valence-electron chi connectivity index (χ4n) is 1.68. The molecular formula is C13H15N3O3. The second-order valence-electron chi connectivity index (χ2n) is 3.79. The van der Waals surface area contributed by atoms with E-state index in [1.54, 1.807) is 38.4 Å². The number of hydrogen-bond donors (Lipinski definition) is 1. The predicted octanol–water partition coefficient (Wildman–Crippen LogP) is 1.64. The zero-order chi connectivity index (χ0) is 13.8. The number of nitrogen functional groups attached to an aromatic ring is 1. The molecule has 0 radical (unpaired) electrons. The Morgan fingerprint density at radius 2 is 2.26 bits per heavy atom. The van der Waals surface area contributed by atoms with E-state index in [4.69, 9.17) is 15.2 Å². The van der Waals surface area contributed by atoms with Crippen LogP contribution in [0.3, 0.4) is 0 Å². The van der Waals surface area contributed by atoms with Crippen LogP contribution in [-0.4, -0.2) is 29.5 Å². The van der Waals surface area contributed by atoms with Gasteiger partial charge in [-0.3, -0.25) is 0 Å². The maximum Gasteiger partial charge on any atom is 0.341 e. The Hall–Kier alpha value is -2.50. The van der Waals surface area contributed by atoms with E-state index in [9.17, 15) is 4.79 Å². The second-order valence-corrected chi connectivity index (χ2v) is 3.79. The molecule has 0 aliphatic heterocycles. The Labute approximate surface area is 110 Å². The number of ether oxygens (including phenoxy) is 2. The number of esters is 1.